The van der Waals surface area contributed by atoms with E-state index >= 15 is 0 Å². The van der Waals surface area contributed by atoms with Crippen LogP contribution in [0.2, 0.25) is 0 Å². The lowest BCUT2D eigenvalue weighted by atomic mass is 10.2. The number of anilines is 1. The standard InChI is InChI=1S/C17H17N7OS/c1-22-9-11-8-12(2-3-13(11)21-22)24-10-19-15-14(16(24)25)20-17(26-15)23-6-4-18-5-7-23/h2-3,8-10,18H,4-7H2,1H3. The van der Waals surface area contributed by atoms with Crippen molar-refractivity contribution in [2.24, 2.45) is 7.05 Å². The largest absolute Gasteiger partial charge is 0.345 e. The lowest BCUT2D eigenvalue weighted by Crippen LogP contribution is -2.43. The Bertz CT molecular complexity index is 1170. The second-order valence-electron chi connectivity index (χ2n) is 6.35. The van der Waals surface area contributed by atoms with E-state index in [1.165, 1.54) is 11.3 Å². The van der Waals surface area contributed by atoms with Gasteiger partial charge in [0.15, 0.2) is 15.5 Å². The fourth-order valence-corrected chi connectivity index (χ4v) is 4.22. The molecule has 4 heterocycles. The molecule has 0 saturated carbocycles. The summed E-state index contributed by atoms with van der Waals surface area (Å²) in [4.78, 5) is 24.9. The highest BCUT2D eigenvalue weighted by atomic mass is 32.1. The van der Waals surface area contributed by atoms with Crippen molar-refractivity contribution in [3.05, 3.63) is 41.1 Å². The summed E-state index contributed by atoms with van der Waals surface area (Å²) in [6.45, 7) is 3.65. The molecule has 0 spiro atoms. The third kappa shape index (κ3) is 2.47. The lowest BCUT2D eigenvalue weighted by Gasteiger charge is -2.26. The smallest absolute Gasteiger partial charge is 0.285 e. The number of aryl methyl sites for hydroxylation is 1. The third-order valence-electron chi connectivity index (χ3n) is 4.58. The minimum atomic E-state index is -0.143. The predicted molar refractivity (Wildman–Crippen MR) is 102 cm³/mol. The van der Waals surface area contributed by atoms with Gasteiger partial charge in [0.25, 0.3) is 5.56 Å². The maximum absolute atomic E-state index is 13.0. The summed E-state index contributed by atoms with van der Waals surface area (Å²) in [5.41, 5.74) is 1.95. The molecule has 0 radical (unpaired) electrons. The Balaban J connectivity index is 1.61. The Morgan fingerprint density at radius 1 is 1.23 bits per heavy atom. The zero-order valence-corrected chi connectivity index (χ0v) is 15.0. The monoisotopic (exact) mass is 367 g/mol. The van der Waals surface area contributed by atoms with E-state index in [1.807, 2.05) is 31.4 Å². The molecule has 26 heavy (non-hydrogen) atoms. The average molecular weight is 367 g/mol. The summed E-state index contributed by atoms with van der Waals surface area (Å²) in [6.07, 6.45) is 3.52. The minimum Gasteiger partial charge on any atom is -0.345 e. The van der Waals surface area contributed by atoms with Crippen molar-refractivity contribution in [1.82, 2.24) is 29.6 Å². The zero-order chi connectivity index (χ0) is 17.7. The lowest BCUT2D eigenvalue weighted by molar-refractivity contribution is 0.588. The van der Waals surface area contributed by atoms with Crippen molar-refractivity contribution in [3.8, 4) is 5.69 Å². The number of aromatic nitrogens is 5. The van der Waals surface area contributed by atoms with Crippen LogP contribution in [-0.4, -0.2) is 50.5 Å². The van der Waals surface area contributed by atoms with Crippen molar-refractivity contribution in [1.29, 1.82) is 0 Å². The van der Waals surface area contributed by atoms with E-state index in [9.17, 15) is 4.79 Å². The van der Waals surface area contributed by atoms with Crippen LogP contribution in [0.3, 0.4) is 0 Å². The van der Waals surface area contributed by atoms with E-state index in [0.29, 0.717) is 10.3 Å². The first-order valence-corrected chi connectivity index (χ1v) is 9.28. The van der Waals surface area contributed by atoms with Gasteiger partial charge in [-0.25, -0.2) is 9.97 Å². The number of benzene rings is 1. The van der Waals surface area contributed by atoms with Gasteiger partial charge in [-0.05, 0) is 18.2 Å². The molecule has 1 N–H and O–H groups in total. The number of nitrogens with one attached hydrogen (secondary N) is 1. The van der Waals surface area contributed by atoms with Crippen LogP contribution in [0, 0.1) is 0 Å². The Hall–Kier alpha value is -2.78. The molecule has 132 valence electrons. The maximum Gasteiger partial charge on any atom is 0.285 e. The Morgan fingerprint density at radius 2 is 2.08 bits per heavy atom. The van der Waals surface area contributed by atoms with Crippen molar-refractivity contribution in [2.75, 3.05) is 31.1 Å². The van der Waals surface area contributed by atoms with E-state index in [0.717, 1.165) is 47.9 Å². The van der Waals surface area contributed by atoms with Gasteiger partial charge in [0.1, 0.15) is 6.33 Å². The van der Waals surface area contributed by atoms with Crippen molar-refractivity contribution < 1.29 is 0 Å². The molecule has 0 amide bonds. The summed E-state index contributed by atoms with van der Waals surface area (Å²) in [7, 11) is 1.88. The first-order chi connectivity index (χ1) is 12.7. The first-order valence-electron chi connectivity index (χ1n) is 8.47. The topological polar surface area (TPSA) is 80.9 Å². The third-order valence-corrected chi connectivity index (χ3v) is 5.60. The Morgan fingerprint density at radius 3 is 2.92 bits per heavy atom. The number of hydrogen-bond donors (Lipinski definition) is 1. The highest BCUT2D eigenvalue weighted by molar-refractivity contribution is 7.21. The van der Waals surface area contributed by atoms with Crippen molar-refractivity contribution in [3.63, 3.8) is 0 Å². The molecular formula is C17H17N7OS. The number of rotatable bonds is 2. The van der Waals surface area contributed by atoms with Crippen LogP contribution in [0.15, 0.2) is 35.5 Å². The molecule has 0 atom stereocenters. The van der Waals surface area contributed by atoms with Gasteiger partial charge in [-0.2, -0.15) is 5.10 Å². The van der Waals surface area contributed by atoms with Crippen LogP contribution < -0.4 is 15.8 Å². The van der Waals surface area contributed by atoms with Crippen LogP contribution >= 0.6 is 11.3 Å². The number of piperazine rings is 1. The maximum atomic E-state index is 13.0. The molecule has 1 aliphatic heterocycles. The average Bonchev–Trinajstić information content (AvgIpc) is 3.25. The molecule has 3 aromatic heterocycles. The SMILES string of the molecule is Cn1cc2cc(-n3cnc4sc(N5CCNCC5)nc4c3=O)ccc2n1. The Labute approximate surface area is 152 Å². The van der Waals surface area contributed by atoms with Crippen LogP contribution in [0.25, 0.3) is 26.9 Å². The van der Waals surface area contributed by atoms with Crippen LogP contribution in [0.1, 0.15) is 0 Å². The molecule has 0 unspecified atom stereocenters. The molecular weight excluding hydrogens is 350 g/mol. The van der Waals surface area contributed by atoms with Gasteiger partial charge in [0.05, 0.1) is 11.2 Å². The fourth-order valence-electron chi connectivity index (χ4n) is 3.27. The molecule has 1 saturated heterocycles. The quantitative estimate of drug-likeness (QED) is 0.572. The summed E-state index contributed by atoms with van der Waals surface area (Å²) in [5, 5.41) is 9.54. The van der Waals surface area contributed by atoms with Crippen LogP contribution in [0.4, 0.5) is 5.13 Å². The van der Waals surface area contributed by atoms with E-state index in [4.69, 9.17) is 0 Å². The highest BCUT2D eigenvalue weighted by Gasteiger charge is 2.18. The molecule has 9 heteroatoms. The molecule has 0 aliphatic carbocycles. The molecule has 4 aromatic rings. The first kappa shape index (κ1) is 15.5. The van der Waals surface area contributed by atoms with Gasteiger partial charge in [-0.1, -0.05) is 11.3 Å². The van der Waals surface area contributed by atoms with Gasteiger partial charge >= 0.3 is 0 Å². The molecule has 8 nitrogen and oxygen atoms in total. The Kier molecular flexibility index (Phi) is 3.50. The molecule has 1 aliphatic rings. The van der Waals surface area contributed by atoms with E-state index < -0.39 is 0 Å². The molecule has 0 bridgehead atoms. The van der Waals surface area contributed by atoms with Gasteiger partial charge in [-0.15, -0.1) is 0 Å². The number of thiazole rings is 1. The summed E-state index contributed by atoms with van der Waals surface area (Å²) < 4.78 is 3.31. The zero-order valence-electron chi connectivity index (χ0n) is 14.2. The summed E-state index contributed by atoms with van der Waals surface area (Å²) >= 11 is 1.48. The van der Waals surface area contributed by atoms with Gasteiger partial charge in [-0.3, -0.25) is 14.0 Å². The molecule has 1 aromatic carbocycles. The van der Waals surface area contributed by atoms with E-state index in [1.54, 1.807) is 15.6 Å². The fraction of sp³-hybridized carbons (Fsp3) is 0.294. The minimum absolute atomic E-state index is 0.143. The summed E-state index contributed by atoms with van der Waals surface area (Å²) in [5.74, 6) is 0. The van der Waals surface area contributed by atoms with Gasteiger partial charge < -0.3 is 10.2 Å². The normalized spacial score (nSPS) is 15.2. The summed E-state index contributed by atoms with van der Waals surface area (Å²) in [6, 6.07) is 5.74. The highest BCUT2D eigenvalue weighted by Crippen LogP contribution is 2.26. The number of fused-ring (bicyclic) bond motifs is 2. The van der Waals surface area contributed by atoms with Gasteiger partial charge in [0, 0.05) is 44.8 Å². The number of hydrogen-bond acceptors (Lipinski definition) is 7. The second kappa shape index (κ2) is 5.89. The van der Waals surface area contributed by atoms with Gasteiger partial charge in [0.2, 0.25) is 0 Å². The second-order valence-corrected chi connectivity index (χ2v) is 7.31. The van der Waals surface area contributed by atoms with E-state index in [2.05, 4.69) is 25.3 Å². The van der Waals surface area contributed by atoms with Crippen LogP contribution in [0.5, 0.6) is 0 Å². The molecule has 1 fully saturated rings. The van der Waals surface area contributed by atoms with Crippen molar-refractivity contribution in [2.45, 2.75) is 0 Å². The number of nitrogens with zero attached hydrogens (tertiary/aromatic N) is 6. The van der Waals surface area contributed by atoms with Crippen molar-refractivity contribution >= 4 is 37.7 Å². The van der Waals surface area contributed by atoms with E-state index in [-0.39, 0.29) is 5.56 Å². The van der Waals surface area contributed by atoms with Crippen LogP contribution in [-0.2, 0) is 7.05 Å². The molecule has 5 rings (SSSR count). The predicted octanol–water partition coefficient (Wildman–Crippen LogP) is 1.14.